The van der Waals surface area contributed by atoms with Crippen LogP contribution in [0.1, 0.15) is 54.5 Å². The van der Waals surface area contributed by atoms with Gasteiger partial charge in [0.05, 0.1) is 0 Å². The first-order valence-electron chi connectivity index (χ1n) is 8.19. The van der Waals surface area contributed by atoms with Crippen LogP contribution in [0, 0.1) is 13.8 Å². The fraction of sp³-hybridized carbons (Fsp3) is 0.333. The van der Waals surface area contributed by atoms with Gasteiger partial charge in [-0.05, 0) is 66.3 Å². The Morgan fingerprint density at radius 2 is 1.64 bits per heavy atom. The quantitative estimate of drug-likeness (QED) is 0.599. The fourth-order valence-corrected chi connectivity index (χ4v) is 3.23. The highest BCUT2D eigenvalue weighted by atomic mass is 14.7. The second kappa shape index (κ2) is 6.00. The molecule has 0 radical (unpaired) electrons. The molecule has 3 rings (SSSR count). The number of aromatic nitrogens is 1. The van der Waals surface area contributed by atoms with E-state index in [2.05, 4.69) is 81.2 Å². The molecule has 0 aliphatic rings. The van der Waals surface area contributed by atoms with E-state index in [4.69, 9.17) is 0 Å². The van der Waals surface area contributed by atoms with Crippen molar-refractivity contribution < 1.29 is 0 Å². The Kier molecular flexibility index (Phi) is 4.06. The molecule has 3 aromatic rings. The molecule has 0 amide bonds. The standard InChI is InChI=1S/C21H25N/c1-14-9-10-18(12-15(14)2)16(3)11-17(4)21-13-19-7-5-6-8-20(19)22-21/h5-10,12-13,16-17,22H,11H2,1-4H3. The van der Waals surface area contributed by atoms with Crippen LogP contribution in [0.4, 0.5) is 0 Å². The highest BCUT2D eigenvalue weighted by Gasteiger charge is 2.14. The summed E-state index contributed by atoms with van der Waals surface area (Å²) >= 11 is 0. The second-order valence-corrected chi connectivity index (χ2v) is 6.69. The number of H-pyrrole nitrogens is 1. The first-order chi connectivity index (χ1) is 10.5. The van der Waals surface area contributed by atoms with Crippen molar-refractivity contribution in [1.29, 1.82) is 0 Å². The van der Waals surface area contributed by atoms with E-state index in [1.54, 1.807) is 0 Å². The summed E-state index contributed by atoms with van der Waals surface area (Å²) in [6.45, 7) is 9.04. The van der Waals surface area contributed by atoms with E-state index >= 15 is 0 Å². The molecular formula is C21H25N. The van der Waals surface area contributed by atoms with E-state index in [0.29, 0.717) is 11.8 Å². The van der Waals surface area contributed by atoms with Gasteiger partial charge in [-0.15, -0.1) is 0 Å². The van der Waals surface area contributed by atoms with Crippen LogP contribution >= 0.6 is 0 Å². The van der Waals surface area contributed by atoms with Crippen molar-refractivity contribution >= 4 is 10.9 Å². The lowest BCUT2D eigenvalue weighted by Crippen LogP contribution is -2.02. The Balaban J connectivity index is 1.77. The highest BCUT2D eigenvalue weighted by molar-refractivity contribution is 5.80. The van der Waals surface area contributed by atoms with Gasteiger partial charge in [0.15, 0.2) is 0 Å². The van der Waals surface area contributed by atoms with E-state index in [0.717, 1.165) is 6.42 Å². The van der Waals surface area contributed by atoms with E-state index in [-0.39, 0.29) is 0 Å². The van der Waals surface area contributed by atoms with Crippen LogP contribution in [-0.4, -0.2) is 4.98 Å². The highest BCUT2D eigenvalue weighted by Crippen LogP contribution is 2.31. The number of aryl methyl sites for hydroxylation is 2. The summed E-state index contributed by atoms with van der Waals surface area (Å²) in [4.78, 5) is 3.57. The minimum Gasteiger partial charge on any atom is -0.358 e. The van der Waals surface area contributed by atoms with Crippen molar-refractivity contribution in [2.45, 2.75) is 46.0 Å². The smallest absolute Gasteiger partial charge is 0.0456 e. The molecule has 114 valence electrons. The van der Waals surface area contributed by atoms with Gasteiger partial charge in [0, 0.05) is 11.2 Å². The Labute approximate surface area is 133 Å². The molecule has 1 heterocycles. The van der Waals surface area contributed by atoms with Gasteiger partial charge < -0.3 is 4.98 Å². The van der Waals surface area contributed by atoms with Crippen LogP contribution in [0.25, 0.3) is 10.9 Å². The second-order valence-electron chi connectivity index (χ2n) is 6.69. The molecule has 2 unspecified atom stereocenters. The maximum absolute atomic E-state index is 3.57. The van der Waals surface area contributed by atoms with Crippen molar-refractivity contribution in [2.24, 2.45) is 0 Å². The van der Waals surface area contributed by atoms with Gasteiger partial charge in [0.2, 0.25) is 0 Å². The predicted octanol–water partition coefficient (Wildman–Crippen LogP) is 6.08. The normalized spacial score (nSPS) is 14.2. The number of nitrogens with one attached hydrogen (secondary N) is 1. The van der Waals surface area contributed by atoms with E-state index in [1.807, 2.05) is 0 Å². The summed E-state index contributed by atoms with van der Waals surface area (Å²) in [5, 5.41) is 1.31. The minimum absolute atomic E-state index is 0.531. The van der Waals surface area contributed by atoms with Crippen molar-refractivity contribution in [3.8, 4) is 0 Å². The zero-order chi connectivity index (χ0) is 15.7. The average molecular weight is 291 g/mol. The molecule has 0 bridgehead atoms. The van der Waals surface area contributed by atoms with Gasteiger partial charge in [-0.2, -0.15) is 0 Å². The molecule has 0 saturated heterocycles. The first-order valence-corrected chi connectivity index (χ1v) is 8.19. The summed E-state index contributed by atoms with van der Waals surface area (Å²) in [6.07, 6.45) is 1.16. The summed E-state index contributed by atoms with van der Waals surface area (Å²) in [6, 6.07) is 17.7. The van der Waals surface area contributed by atoms with Crippen LogP contribution in [0.3, 0.4) is 0 Å². The maximum Gasteiger partial charge on any atom is 0.0456 e. The van der Waals surface area contributed by atoms with Crippen molar-refractivity contribution in [3.05, 3.63) is 70.9 Å². The number of hydrogen-bond acceptors (Lipinski definition) is 0. The molecule has 2 aromatic carbocycles. The molecule has 2 atom stereocenters. The average Bonchev–Trinajstić information content (AvgIpc) is 2.94. The van der Waals surface area contributed by atoms with Crippen molar-refractivity contribution in [2.75, 3.05) is 0 Å². The molecule has 0 fully saturated rings. The SMILES string of the molecule is Cc1ccc(C(C)CC(C)c2cc3ccccc3[nH]2)cc1C. The lowest BCUT2D eigenvalue weighted by Gasteiger charge is -2.18. The molecule has 0 spiro atoms. The Bertz CT molecular complexity index is 748. The minimum atomic E-state index is 0.531. The fourth-order valence-electron chi connectivity index (χ4n) is 3.23. The number of para-hydroxylation sites is 1. The number of fused-ring (bicyclic) bond motifs is 1. The topological polar surface area (TPSA) is 15.8 Å². The van der Waals surface area contributed by atoms with Crippen LogP contribution in [0.5, 0.6) is 0 Å². The number of rotatable bonds is 4. The van der Waals surface area contributed by atoms with Gasteiger partial charge in [0.1, 0.15) is 0 Å². The Morgan fingerprint density at radius 1 is 0.864 bits per heavy atom. The van der Waals surface area contributed by atoms with Crippen LogP contribution in [0.2, 0.25) is 0 Å². The molecular weight excluding hydrogens is 266 g/mol. The van der Waals surface area contributed by atoms with E-state index in [9.17, 15) is 0 Å². The van der Waals surface area contributed by atoms with Crippen LogP contribution < -0.4 is 0 Å². The third-order valence-electron chi connectivity index (χ3n) is 4.89. The summed E-state index contributed by atoms with van der Waals surface area (Å²) < 4.78 is 0. The number of benzene rings is 2. The molecule has 1 nitrogen and oxygen atoms in total. The number of aromatic amines is 1. The summed E-state index contributed by atoms with van der Waals surface area (Å²) in [5.41, 5.74) is 6.80. The summed E-state index contributed by atoms with van der Waals surface area (Å²) in [7, 11) is 0. The zero-order valence-corrected chi connectivity index (χ0v) is 14.0. The van der Waals surface area contributed by atoms with Crippen LogP contribution in [0.15, 0.2) is 48.5 Å². The third-order valence-corrected chi connectivity index (χ3v) is 4.89. The molecule has 22 heavy (non-hydrogen) atoms. The monoisotopic (exact) mass is 291 g/mol. The first kappa shape index (κ1) is 14.9. The molecule has 1 aromatic heterocycles. The van der Waals surface area contributed by atoms with Crippen molar-refractivity contribution in [1.82, 2.24) is 4.98 Å². The Morgan fingerprint density at radius 3 is 2.36 bits per heavy atom. The largest absolute Gasteiger partial charge is 0.358 e. The van der Waals surface area contributed by atoms with E-state index in [1.165, 1.54) is 33.3 Å². The van der Waals surface area contributed by atoms with E-state index < -0.39 is 0 Å². The predicted molar refractivity (Wildman–Crippen MR) is 95.7 cm³/mol. The molecule has 1 N–H and O–H groups in total. The molecule has 0 aliphatic carbocycles. The Hall–Kier alpha value is -2.02. The van der Waals surface area contributed by atoms with Gasteiger partial charge in [-0.3, -0.25) is 0 Å². The van der Waals surface area contributed by atoms with Crippen molar-refractivity contribution in [3.63, 3.8) is 0 Å². The summed E-state index contributed by atoms with van der Waals surface area (Å²) in [5.74, 6) is 1.10. The molecule has 0 saturated carbocycles. The van der Waals surface area contributed by atoms with Gasteiger partial charge in [-0.25, -0.2) is 0 Å². The van der Waals surface area contributed by atoms with Crippen LogP contribution in [-0.2, 0) is 0 Å². The maximum atomic E-state index is 3.57. The third kappa shape index (κ3) is 2.94. The van der Waals surface area contributed by atoms with Gasteiger partial charge in [-0.1, -0.05) is 50.2 Å². The van der Waals surface area contributed by atoms with Gasteiger partial charge in [0.25, 0.3) is 0 Å². The van der Waals surface area contributed by atoms with Gasteiger partial charge >= 0.3 is 0 Å². The zero-order valence-electron chi connectivity index (χ0n) is 14.0. The molecule has 1 heteroatoms. The molecule has 0 aliphatic heterocycles. The lowest BCUT2D eigenvalue weighted by atomic mass is 9.88. The number of hydrogen-bond donors (Lipinski definition) is 1. The lowest BCUT2D eigenvalue weighted by molar-refractivity contribution is 0.584.